The van der Waals surface area contributed by atoms with Crippen LogP contribution in [0.5, 0.6) is 0 Å². The van der Waals surface area contributed by atoms with Gasteiger partial charge in [-0.25, -0.2) is 0 Å². The Balaban J connectivity index is 1.73. The lowest BCUT2D eigenvalue weighted by atomic mass is 9.63. The van der Waals surface area contributed by atoms with E-state index in [1.165, 1.54) is 19.3 Å². The molecule has 20 heavy (non-hydrogen) atoms. The van der Waals surface area contributed by atoms with Gasteiger partial charge in [0.15, 0.2) is 0 Å². The molecule has 0 aromatic heterocycles. The average molecular weight is 278 g/mol. The molecule has 2 bridgehead atoms. The normalized spacial score (nSPS) is 54.9. The molecule has 1 aliphatic carbocycles. The van der Waals surface area contributed by atoms with E-state index in [0.717, 1.165) is 11.8 Å². The summed E-state index contributed by atoms with van der Waals surface area (Å²) >= 11 is 0. The van der Waals surface area contributed by atoms with Gasteiger partial charge in [-0.3, -0.25) is 4.79 Å². The van der Waals surface area contributed by atoms with E-state index in [-0.39, 0.29) is 35.6 Å². The molecule has 0 aromatic rings. The summed E-state index contributed by atoms with van der Waals surface area (Å²) in [6, 6.07) is 0. The fourth-order valence-corrected chi connectivity index (χ4v) is 6.11. The number of carbonyl (C=O) groups is 1. The molecule has 112 valence electrons. The number of fused-ring (bicyclic) bond motifs is 8. The van der Waals surface area contributed by atoms with Crippen molar-refractivity contribution in [3.05, 3.63) is 0 Å². The molecular weight excluding hydrogens is 252 g/mol. The smallest absolute Gasteiger partial charge is 0.312 e. The van der Waals surface area contributed by atoms with Crippen molar-refractivity contribution in [3.8, 4) is 0 Å². The third-order valence-electron chi connectivity index (χ3n) is 6.79. The van der Waals surface area contributed by atoms with Crippen molar-refractivity contribution >= 4 is 5.97 Å². The molecule has 0 amide bonds. The third-order valence-corrected chi connectivity index (χ3v) is 6.79. The molecule has 4 fully saturated rings. The van der Waals surface area contributed by atoms with Crippen molar-refractivity contribution in [1.82, 2.24) is 0 Å². The molecule has 3 heteroatoms. The van der Waals surface area contributed by atoms with E-state index in [4.69, 9.17) is 9.47 Å². The van der Waals surface area contributed by atoms with E-state index in [9.17, 15) is 4.79 Å². The Labute approximate surface area is 121 Å². The van der Waals surface area contributed by atoms with Gasteiger partial charge in [-0.1, -0.05) is 26.7 Å². The van der Waals surface area contributed by atoms with Gasteiger partial charge in [-0.2, -0.15) is 0 Å². The molecule has 3 aliphatic heterocycles. The van der Waals surface area contributed by atoms with Gasteiger partial charge in [0.1, 0.15) is 5.60 Å². The molecule has 0 spiro atoms. The van der Waals surface area contributed by atoms with Gasteiger partial charge in [-0.15, -0.1) is 0 Å². The van der Waals surface area contributed by atoms with Crippen LogP contribution in [0, 0.1) is 35.5 Å². The van der Waals surface area contributed by atoms with E-state index < -0.39 is 0 Å². The van der Waals surface area contributed by atoms with E-state index in [1.807, 2.05) is 0 Å². The lowest BCUT2D eigenvalue weighted by molar-refractivity contribution is -0.153. The SMILES string of the molecule is CCC1CC(CC)C2C3OC(C4C(=O)OC(C)(C)C34)C12. The van der Waals surface area contributed by atoms with Crippen molar-refractivity contribution in [2.45, 2.75) is 64.8 Å². The first-order valence-electron chi connectivity index (χ1n) is 8.38. The van der Waals surface area contributed by atoms with Crippen LogP contribution in [-0.2, 0) is 14.3 Å². The Kier molecular flexibility index (Phi) is 2.62. The summed E-state index contributed by atoms with van der Waals surface area (Å²) in [5.74, 6) is 3.11. The molecule has 0 aromatic carbocycles. The zero-order chi connectivity index (χ0) is 14.2. The minimum absolute atomic E-state index is 0.000696. The minimum atomic E-state index is -0.339. The maximum absolute atomic E-state index is 12.3. The maximum Gasteiger partial charge on any atom is 0.312 e. The number of esters is 1. The molecule has 8 atom stereocenters. The second-order valence-corrected chi connectivity index (χ2v) is 7.87. The highest BCUT2D eigenvalue weighted by Crippen LogP contribution is 2.65. The summed E-state index contributed by atoms with van der Waals surface area (Å²) in [5.41, 5.74) is -0.339. The van der Waals surface area contributed by atoms with E-state index in [2.05, 4.69) is 27.7 Å². The Morgan fingerprint density at radius 2 is 1.70 bits per heavy atom. The monoisotopic (exact) mass is 278 g/mol. The largest absolute Gasteiger partial charge is 0.459 e. The van der Waals surface area contributed by atoms with E-state index >= 15 is 0 Å². The summed E-state index contributed by atoms with van der Waals surface area (Å²) in [6.45, 7) is 8.74. The highest BCUT2D eigenvalue weighted by atomic mass is 16.6. The van der Waals surface area contributed by atoms with Gasteiger partial charge < -0.3 is 9.47 Å². The van der Waals surface area contributed by atoms with Crippen LogP contribution in [-0.4, -0.2) is 23.8 Å². The zero-order valence-electron chi connectivity index (χ0n) is 13.0. The van der Waals surface area contributed by atoms with E-state index in [1.54, 1.807) is 0 Å². The standard InChI is InChI=1S/C17H26O3/c1-5-8-7-9(6-2)11-10(8)14-12-13(15(11)19-14)17(3,4)20-16(12)18/h8-15H,5-7H2,1-4H3. The predicted octanol–water partition coefficient (Wildman–Crippen LogP) is 3.02. The van der Waals surface area contributed by atoms with Crippen LogP contribution in [0.4, 0.5) is 0 Å². The topological polar surface area (TPSA) is 35.5 Å². The summed E-state index contributed by atoms with van der Waals surface area (Å²) in [4.78, 5) is 12.3. The quantitative estimate of drug-likeness (QED) is 0.728. The molecule has 0 radical (unpaired) electrons. The van der Waals surface area contributed by atoms with Crippen LogP contribution in [0.25, 0.3) is 0 Å². The molecule has 8 unspecified atom stereocenters. The van der Waals surface area contributed by atoms with Crippen LogP contribution in [0.1, 0.15) is 47.0 Å². The lowest BCUT2D eigenvalue weighted by Gasteiger charge is -2.36. The summed E-state index contributed by atoms with van der Waals surface area (Å²) < 4.78 is 12.1. The van der Waals surface area contributed by atoms with Crippen LogP contribution < -0.4 is 0 Å². The molecule has 3 nitrogen and oxygen atoms in total. The van der Waals surface area contributed by atoms with Gasteiger partial charge in [0.2, 0.25) is 0 Å². The fraction of sp³-hybridized carbons (Fsp3) is 0.941. The van der Waals surface area contributed by atoms with Crippen molar-refractivity contribution in [2.24, 2.45) is 35.5 Å². The van der Waals surface area contributed by atoms with Crippen LogP contribution >= 0.6 is 0 Å². The maximum atomic E-state index is 12.3. The molecule has 3 heterocycles. The number of rotatable bonds is 2. The molecule has 3 saturated heterocycles. The second kappa shape index (κ2) is 4.00. The fourth-order valence-electron chi connectivity index (χ4n) is 6.11. The van der Waals surface area contributed by atoms with Gasteiger partial charge in [-0.05, 0) is 43.9 Å². The minimum Gasteiger partial charge on any atom is -0.459 e. The second-order valence-electron chi connectivity index (χ2n) is 7.87. The molecule has 1 saturated carbocycles. The zero-order valence-corrected chi connectivity index (χ0v) is 13.0. The van der Waals surface area contributed by atoms with Crippen LogP contribution in [0.3, 0.4) is 0 Å². The highest BCUT2D eigenvalue weighted by molar-refractivity contribution is 5.77. The van der Waals surface area contributed by atoms with E-state index in [0.29, 0.717) is 11.8 Å². The summed E-state index contributed by atoms with van der Waals surface area (Å²) in [6.07, 6.45) is 4.22. The van der Waals surface area contributed by atoms with Gasteiger partial charge in [0, 0.05) is 5.92 Å². The Hall–Kier alpha value is -0.570. The number of hydrogen-bond donors (Lipinski definition) is 0. The first-order valence-corrected chi connectivity index (χ1v) is 8.38. The van der Waals surface area contributed by atoms with Crippen LogP contribution in [0.2, 0.25) is 0 Å². The summed E-state index contributed by atoms with van der Waals surface area (Å²) in [7, 11) is 0. The van der Waals surface area contributed by atoms with Gasteiger partial charge in [0.05, 0.1) is 18.1 Å². The highest BCUT2D eigenvalue weighted by Gasteiger charge is 2.72. The van der Waals surface area contributed by atoms with Crippen LogP contribution in [0.15, 0.2) is 0 Å². The lowest BCUT2D eigenvalue weighted by Crippen LogP contribution is -2.45. The van der Waals surface area contributed by atoms with Gasteiger partial charge in [0.25, 0.3) is 0 Å². The summed E-state index contributed by atoms with van der Waals surface area (Å²) in [5, 5.41) is 0. The molecule has 4 aliphatic rings. The van der Waals surface area contributed by atoms with Crippen molar-refractivity contribution in [1.29, 1.82) is 0 Å². The average Bonchev–Trinajstić information content (AvgIpc) is 3.08. The number of ether oxygens (including phenoxy) is 2. The number of cyclic esters (lactones) is 1. The Bertz CT molecular complexity index is 444. The Morgan fingerprint density at radius 3 is 2.30 bits per heavy atom. The molecular formula is C17H26O3. The first-order chi connectivity index (χ1) is 9.49. The first kappa shape index (κ1) is 13.1. The predicted molar refractivity (Wildman–Crippen MR) is 75.0 cm³/mol. The Morgan fingerprint density at radius 1 is 1.10 bits per heavy atom. The van der Waals surface area contributed by atoms with Crippen molar-refractivity contribution in [3.63, 3.8) is 0 Å². The van der Waals surface area contributed by atoms with Crippen molar-refractivity contribution < 1.29 is 14.3 Å². The number of hydrogen-bond acceptors (Lipinski definition) is 3. The molecule has 0 N–H and O–H groups in total. The number of carbonyl (C=O) groups excluding carboxylic acids is 1. The molecule has 4 rings (SSSR count). The van der Waals surface area contributed by atoms with Gasteiger partial charge >= 0.3 is 5.97 Å². The third kappa shape index (κ3) is 1.38. The van der Waals surface area contributed by atoms with Crippen molar-refractivity contribution in [2.75, 3.05) is 0 Å².